The minimum Gasteiger partial charge on any atom is -0.350 e. The van der Waals surface area contributed by atoms with Crippen molar-refractivity contribution < 1.29 is 4.79 Å². The van der Waals surface area contributed by atoms with E-state index in [2.05, 4.69) is 15.4 Å². The van der Waals surface area contributed by atoms with E-state index in [1.165, 1.54) is 0 Å². The molecule has 2 amide bonds. The highest BCUT2D eigenvalue weighted by molar-refractivity contribution is 7.99. The summed E-state index contributed by atoms with van der Waals surface area (Å²) < 4.78 is 0. The molecule has 0 aliphatic carbocycles. The van der Waals surface area contributed by atoms with Crippen LogP contribution in [0, 0.1) is 5.92 Å². The van der Waals surface area contributed by atoms with Gasteiger partial charge in [0.25, 0.3) is 0 Å². The van der Waals surface area contributed by atoms with Crippen molar-refractivity contribution in [3.05, 3.63) is 27.7 Å². The van der Waals surface area contributed by atoms with Gasteiger partial charge in [-0.05, 0) is 26.2 Å². The number of rotatable bonds is 3. The van der Waals surface area contributed by atoms with Crippen LogP contribution in [-0.2, 0) is 0 Å². The topological polar surface area (TPSA) is 70.7 Å². The number of benzene rings is 1. The van der Waals surface area contributed by atoms with Gasteiger partial charge in [0.15, 0.2) is 0 Å². The molecule has 5 nitrogen and oxygen atoms in total. The first kappa shape index (κ1) is 16.4. The van der Waals surface area contributed by atoms with Crippen molar-refractivity contribution in [2.75, 3.05) is 26.4 Å². The summed E-state index contributed by atoms with van der Waals surface area (Å²) in [6.45, 7) is 0.801. The van der Waals surface area contributed by atoms with E-state index in [9.17, 15) is 4.79 Å². The number of halogens is 2. The van der Waals surface area contributed by atoms with Gasteiger partial charge in [0.05, 0.1) is 10.7 Å². The molecule has 114 valence electrons. The molecule has 1 unspecified atom stereocenters. The Morgan fingerprint density at radius 1 is 1.52 bits per heavy atom. The lowest BCUT2D eigenvalue weighted by molar-refractivity contribution is 0.249. The summed E-state index contributed by atoms with van der Waals surface area (Å²) >= 11 is 14.0. The molecule has 8 heteroatoms. The molecule has 0 saturated heterocycles. The van der Waals surface area contributed by atoms with Gasteiger partial charge in [0.2, 0.25) is 0 Å². The van der Waals surface area contributed by atoms with Gasteiger partial charge in [-0.2, -0.15) is 5.10 Å². The second-order valence-corrected chi connectivity index (χ2v) is 6.88. The van der Waals surface area contributed by atoms with Gasteiger partial charge in [-0.3, -0.25) is 0 Å². The molecule has 0 spiro atoms. The van der Waals surface area contributed by atoms with Crippen LogP contribution in [0.3, 0.4) is 0 Å². The second kappa shape index (κ2) is 6.87. The van der Waals surface area contributed by atoms with E-state index in [0.717, 1.165) is 28.5 Å². The maximum Gasteiger partial charge on any atom is 0.332 e. The number of nitrogens with zero attached hydrogens (tertiary/aromatic N) is 2. The lowest BCUT2D eigenvalue weighted by atomic mass is 9.97. The highest BCUT2D eigenvalue weighted by Gasteiger charge is 2.29. The van der Waals surface area contributed by atoms with Crippen molar-refractivity contribution in [2.24, 2.45) is 16.8 Å². The molecular formula is C13H16Cl2N4OS. The first-order chi connectivity index (χ1) is 9.88. The fourth-order valence-electron chi connectivity index (χ4n) is 2.23. The Morgan fingerprint density at radius 3 is 2.86 bits per heavy atom. The maximum absolute atomic E-state index is 11.0. The largest absolute Gasteiger partial charge is 0.350 e. The molecule has 1 aliphatic heterocycles. The summed E-state index contributed by atoms with van der Waals surface area (Å²) in [5.41, 5.74) is 9.02. The molecule has 0 radical (unpaired) electrons. The van der Waals surface area contributed by atoms with Crippen LogP contribution in [-0.4, -0.2) is 43.0 Å². The first-order valence-electron chi connectivity index (χ1n) is 6.28. The average Bonchev–Trinajstić information content (AvgIpc) is 2.36. The van der Waals surface area contributed by atoms with Crippen molar-refractivity contribution in [1.82, 2.24) is 10.3 Å². The quantitative estimate of drug-likeness (QED) is 0.826. The van der Waals surface area contributed by atoms with E-state index in [4.69, 9.17) is 28.9 Å². The molecule has 1 aliphatic rings. The van der Waals surface area contributed by atoms with Crippen LogP contribution in [0.4, 0.5) is 4.79 Å². The fourth-order valence-corrected chi connectivity index (χ4v) is 4.03. The van der Waals surface area contributed by atoms with Gasteiger partial charge in [-0.15, -0.1) is 11.8 Å². The molecule has 0 fully saturated rings. The highest BCUT2D eigenvalue weighted by atomic mass is 35.5. The smallest absolute Gasteiger partial charge is 0.332 e. The predicted molar refractivity (Wildman–Crippen MR) is 88.5 cm³/mol. The fraction of sp³-hybridized carbons (Fsp3) is 0.385. The number of nitrogens with two attached hydrogens (primary N) is 1. The Hall–Kier alpha value is -0.950. The van der Waals surface area contributed by atoms with Gasteiger partial charge >= 0.3 is 6.03 Å². The molecule has 21 heavy (non-hydrogen) atoms. The average molecular weight is 347 g/mol. The van der Waals surface area contributed by atoms with Gasteiger partial charge < -0.3 is 10.6 Å². The maximum atomic E-state index is 11.0. The van der Waals surface area contributed by atoms with Crippen molar-refractivity contribution in [3.63, 3.8) is 0 Å². The molecule has 1 heterocycles. The number of urea groups is 1. The molecule has 3 N–H and O–H groups in total. The van der Waals surface area contributed by atoms with Gasteiger partial charge in [-0.1, -0.05) is 23.2 Å². The van der Waals surface area contributed by atoms with Crippen LogP contribution >= 0.6 is 35.0 Å². The summed E-state index contributed by atoms with van der Waals surface area (Å²) in [5, 5.41) is 5.31. The minimum atomic E-state index is -0.695. The molecule has 1 atom stereocenters. The summed E-state index contributed by atoms with van der Waals surface area (Å²) in [6.07, 6.45) is 0. The summed E-state index contributed by atoms with van der Waals surface area (Å²) in [4.78, 5) is 14.0. The van der Waals surface area contributed by atoms with E-state index in [0.29, 0.717) is 10.0 Å². The molecule has 0 saturated carbocycles. The number of thioether (sulfide) groups is 1. The Balaban J connectivity index is 2.46. The minimum absolute atomic E-state index is 0.152. The second-order valence-electron chi connectivity index (χ2n) is 5.01. The summed E-state index contributed by atoms with van der Waals surface area (Å²) in [6, 6.07) is 2.83. The Kier molecular flexibility index (Phi) is 5.37. The number of primary amides is 1. The van der Waals surface area contributed by atoms with Crippen LogP contribution < -0.4 is 11.2 Å². The number of hydrazone groups is 1. The van der Waals surface area contributed by atoms with E-state index in [1.807, 2.05) is 20.2 Å². The van der Waals surface area contributed by atoms with Gasteiger partial charge in [-0.25, -0.2) is 10.2 Å². The molecule has 1 aromatic rings. The normalized spacial score (nSPS) is 19.7. The highest BCUT2D eigenvalue weighted by Crippen LogP contribution is 2.40. The summed E-state index contributed by atoms with van der Waals surface area (Å²) in [7, 11) is 3.98. The lowest BCUT2D eigenvalue weighted by Crippen LogP contribution is -2.35. The molecule has 0 bridgehead atoms. The standard InChI is InChI=1S/C13H16Cl2N4OS/c1-19(2)5-7-6-21-12-9(3-8(14)4-10(12)15)11(7)17-18-13(16)20/h3-4,7H,5-6H2,1-2H3,(H3,16,18,20). The van der Waals surface area contributed by atoms with Crippen LogP contribution in [0.2, 0.25) is 10.0 Å². The monoisotopic (exact) mass is 346 g/mol. The van der Waals surface area contributed by atoms with Crippen LogP contribution in [0.1, 0.15) is 5.56 Å². The van der Waals surface area contributed by atoms with Gasteiger partial charge in [0, 0.05) is 33.7 Å². The summed E-state index contributed by atoms with van der Waals surface area (Å²) in [5.74, 6) is 0.977. The zero-order chi connectivity index (χ0) is 15.6. The Labute approximate surface area is 137 Å². The van der Waals surface area contributed by atoms with Crippen molar-refractivity contribution >= 4 is 46.7 Å². The van der Waals surface area contributed by atoms with Crippen molar-refractivity contribution in [2.45, 2.75) is 4.90 Å². The van der Waals surface area contributed by atoms with Crippen LogP contribution in [0.25, 0.3) is 0 Å². The van der Waals surface area contributed by atoms with Crippen LogP contribution in [0.15, 0.2) is 22.1 Å². The number of carbonyl (C=O) groups excluding carboxylic acids is 1. The van der Waals surface area contributed by atoms with E-state index in [-0.39, 0.29) is 5.92 Å². The lowest BCUT2D eigenvalue weighted by Gasteiger charge is -2.28. The van der Waals surface area contributed by atoms with Crippen molar-refractivity contribution in [1.29, 1.82) is 0 Å². The molecule has 1 aromatic carbocycles. The molecule has 2 rings (SSSR count). The third-order valence-corrected chi connectivity index (χ3v) is 4.90. The number of carbonyl (C=O) groups is 1. The zero-order valence-electron chi connectivity index (χ0n) is 11.7. The zero-order valence-corrected chi connectivity index (χ0v) is 14.0. The number of hydrogen-bond acceptors (Lipinski definition) is 4. The third-order valence-electron chi connectivity index (χ3n) is 2.97. The SMILES string of the molecule is CN(C)CC1CSc2c(Cl)cc(Cl)cc2C1=NNC(N)=O. The van der Waals surface area contributed by atoms with E-state index in [1.54, 1.807) is 17.8 Å². The molecule has 0 aromatic heterocycles. The molecular weight excluding hydrogens is 331 g/mol. The number of nitrogens with one attached hydrogen (secondary N) is 1. The number of fused-ring (bicyclic) bond motifs is 1. The van der Waals surface area contributed by atoms with Gasteiger partial charge in [0.1, 0.15) is 0 Å². The number of hydrogen-bond donors (Lipinski definition) is 2. The predicted octanol–water partition coefficient (Wildman–Crippen LogP) is 2.65. The number of amides is 2. The Bertz CT molecular complexity index is 592. The van der Waals surface area contributed by atoms with E-state index >= 15 is 0 Å². The van der Waals surface area contributed by atoms with Crippen LogP contribution in [0.5, 0.6) is 0 Å². The third kappa shape index (κ3) is 4.03. The first-order valence-corrected chi connectivity index (χ1v) is 8.02. The Morgan fingerprint density at radius 2 is 2.24 bits per heavy atom. The van der Waals surface area contributed by atoms with Crippen molar-refractivity contribution in [3.8, 4) is 0 Å². The van der Waals surface area contributed by atoms with E-state index < -0.39 is 6.03 Å².